The molecule has 3 rings (SSSR count). The van der Waals surface area contributed by atoms with Crippen LogP contribution in [-0.4, -0.2) is 27.7 Å². The Labute approximate surface area is 142 Å². The molecule has 1 aliphatic rings. The van der Waals surface area contributed by atoms with E-state index >= 15 is 0 Å². The number of nitrogens with zero attached hydrogens (tertiary/aromatic N) is 4. The van der Waals surface area contributed by atoms with E-state index in [0.717, 1.165) is 37.2 Å². The van der Waals surface area contributed by atoms with Crippen LogP contribution >= 0.6 is 0 Å². The maximum atomic E-state index is 10.6. The van der Waals surface area contributed by atoms with Gasteiger partial charge in [-0.25, -0.2) is 9.97 Å². The Balaban J connectivity index is 1.78. The molecule has 1 aliphatic heterocycles. The van der Waals surface area contributed by atoms with Crippen molar-refractivity contribution < 1.29 is 5.11 Å². The molecule has 0 bridgehead atoms. The Morgan fingerprint density at radius 1 is 1.17 bits per heavy atom. The molecule has 1 aromatic carbocycles. The molecule has 5 heteroatoms. The Bertz CT molecular complexity index is 681. The van der Waals surface area contributed by atoms with E-state index in [-0.39, 0.29) is 6.04 Å². The number of rotatable bonds is 4. The van der Waals surface area contributed by atoms with Crippen LogP contribution in [-0.2, 0) is 0 Å². The van der Waals surface area contributed by atoms with Crippen molar-refractivity contribution in [3.63, 3.8) is 0 Å². The van der Waals surface area contributed by atoms with Crippen molar-refractivity contribution >= 4 is 5.82 Å². The summed E-state index contributed by atoms with van der Waals surface area (Å²) in [6.07, 6.45) is 7.88. The lowest BCUT2D eigenvalue weighted by molar-refractivity contribution is 0.155. The molecule has 0 amide bonds. The van der Waals surface area contributed by atoms with E-state index in [1.807, 2.05) is 36.4 Å². The topological polar surface area (TPSA) is 73.0 Å². The van der Waals surface area contributed by atoms with Gasteiger partial charge in [-0.3, -0.25) is 0 Å². The van der Waals surface area contributed by atoms with Crippen molar-refractivity contribution in [2.45, 2.75) is 44.2 Å². The van der Waals surface area contributed by atoms with Crippen LogP contribution in [0.15, 0.2) is 42.7 Å². The molecule has 0 unspecified atom stereocenters. The van der Waals surface area contributed by atoms with Crippen LogP contribution in [0.3, 0.4) is 0 Å². The summed E-state index contributed by atoms with van der Waals surface area (Å²) in [4.78, 5) is 10.8. The zero-order valence-electron chi connectivity index (χ0n) is 13.7. The van der Waals surface area contributed by atoms with Crippen LogP contribution < -0.4 is 4.90 Å². The summed E-state index contributed by atoms with van der Waals surface area (Å²) in [5, 5.41) is 19.5. The first kappa shape index (κ1) is 16.4. The van der Waals surface area contributed by atoms with Gasteiger partial charge in [0.2, 0.25) is 0 Å². The molecule has 1 saturated heterocycles. The minimum absolute atomic E-state index is 0.227. The number of hydrogen-bond donors (Lipinski definition) is 1. The molecule has 1 aromatic heterocycles. The highest BCUT2D eigenvalue weighted by Crippen LogP contribution is 2.29. The number of nitriles is 1. The van der Waals surface area contributed by atoms with Gasteiger partial charge in [-0.2, -0.15) is 5.26 Å². The lowest BCUT2D eigenvalue weighted by Gasteiger charge is -2.32. The molecule has 24 heavy (non-hydrogen) atoms. The average molecular weight is 322 g/mol. The molecule has 124 valence electrons. The zero-order valence-corrected chi connectivity index (χ0v) is 13.7. The summed E-state index contributed by atoms with van der Waals surface area (Å²) < 4.78 is 0. The van der Waals surface area contributed by atoms with Crippen LogP contribution in [0, 0.1) is 11.3 Å². The minimum atomic E-state index is -0.483. The third-order valence-electron chi connectivity index (χ3n) is 4.60. The van der Waals surface area contributed by atoms with Crippen molar-refractivity contribution in [3.8, 4) is 6.07 Å². The normalized spacial score (nSPS) is 19.3. The van der Waals surface area contributed by atoms with E-state index in [4.69, 9.17) is 5.26 Å². The lowest BCUT2D eigenvalue weighted by atomic mass is 9.98. The van der Waals surface area contributed by atoms with Gasteiger partial charge < -0.3 is 10.0 Å². The van der Waals surface area contributed by atoms with Gasteiger partial charge in [-0.1, -0.05) is 43.2 Å². The molecule has 0 radical (unpaired) electrons. The first-order valence-electron chi connectivity index (χ1n) is 8.49. The second kappa shape index (κ2) is 7.89. The lowest BCUT2D eigenvalue weighted by Crippen LogP contribution is -2.36. The van der Waals surface area contributed by atoms with E-state index in [1.54, 1.807) is 6.20 Å². The molecular weight excluding hydrogens is 300 g/mol. The summed E-state index contributed by atoms with van der Waals surface area (Å²) in [6, 6.07) is 12.0. The molecule has 1 fully saturated rings. The van der Waals surface area contributed by atoms with Crippen molar-refractivity contribution in [2.24, 2.45) is 0 Å². The standard InChI is InChI=1S/C19H22N4O/c20-12-16-13-22-19(14-21-16)23-10-6-2-5-9-17(23)11-18(24)15-7-3-1-4-8-15/h1,3-4,7-8,13-14,17-18,24H,2,5-6,9-11H2/t17-,18-/m1/s1. The number of aromatic nitrogens is 2. The quantitative estimate of drug-likeness (QED) is 0.935. The highest BCUT2D eigenvalue weighted by Gasteiger charge is 2.25. The fraction of sp³-hybridized carbons (Fsp3) is 0.421. The van der Waals surface area contributed by atoms with Crippen LogP contribution in [0.25, 0.3) is 0 Å². The largest absolute Gasteiger partial charge is 0.388 e. The first-order valence-corrected chi connectivity index (χ1v) is 8.49. The number of hydrogen-bond acceptors (Lipinski definition) is 5. The zero-order chi connectivity index (χ0) is 16.8. The summed E-state index contributed by atoms with van der Waals surface area (Å²) >= 11 is 0. The van der Waals surface area contributed by atoms with Gasteiger partial charge in [0.15, 0.2) is 5.69 Å². The summed E-state index contributed by atoms with van der Waals surface area (Å²) in [5.74, 6) is 0.793. The smallest absolute Gasteiger partial charge is 0.158 e. The molecule has 1 N–H and O–H groups in total. The Hall–Kier alpha value is -2.45. The molecule has 2 heterocycles. The second-order valence-corrected chi connectivity index (χ2v) is 6.23. The number of aliphatic hydroxyl groups excluding tert-OH is 1. The Morgan fingerprint density at radius 2 is 2.00 bits per heavy atom. The third kappa shape index (κ3) is 3.90. The van der Waals surface area contributed by atoms with E-state index in [2.05, 4.69) is 14.9 Å². The highest BCUT2D eigenvalue weighted by molar-refractivity contribution is 5.39. The molecular formula is C19H22N4O. The van der Waals surface area contributed by atoms with E-state index in [1.165, 1.54) is 12.6 Å². The highest BCUT2D eigenvalue weighted by atomic mass is 16.3. The van der Waals surface area contributed by atoms with Crippen molar-refractivity contribution in [3.05, 3.63) is 54.0 Å². The van der Waals surface area contributed by atoms with Crippen molar-refractivity contribution in [2.75, 3.05) is 11.4 Å². The van der Waals surface area contributed by atoms with Gasteiger partial charge in [-0.15, -0.1) is 0 Å². The second-order valence-electron chi connectivity index (χ2n) is 6.23. The van der Waals surface area contributed by atoms with Crippen LogP contribution in [0.4, 0.5) is 5.82 Å². The summed E-state index contributed by atoms with van der Waals surface area (Å²) in [7, 11) is 0. The molecule has 0 aliphatic carbocycles. The van der Waals surface area contributed by atoms with Gasteiger partial charge >= 0.3 is 0 Å². The van der Waals surface area contributed by atoms with Crippen molar-refractivity contribution in [1.29, 1.82) is 5.26 Å². The number of aliphatic hydroxyl groups is 1. The average Bonchev–Trinajstić information content (AvgIpc) is 2.88. The van der Waals surface area contributed by atoms with Gasteiger partial charge in [-0.05, 0) is 24.8 Å². The fourth-order valence-corrected chi connectivity index (χ4v) is 3.32. The van der Waals surface area contributed by atoms with Crippen LogP contribution in [0.5, 0.6) is 0 Å². The van der Waals surface area contributed by atoms with Crippen LogP contribution in [0.1, 0.15) is 49.5 Å². The van der Waals surface area contributed by atoms with Crippen LogP contribution in [0.2, 0.25) is 0 Å². The van der Waals surface area contributed by atoms with Gasteiger partial charge in [0, 0.05) is 12.6 Å². The summed E-state index contributed by atoms with van der Waals surface area (Å²) in [5.41, 5.74) is 1.28. The van der Waals surface area contributed by atoms with Crippen molar-refractivity contribution in [1.82, 2.24) is 9.97 Å². The number of benzene rings is 1. The number of anilines is 1. The maximum absolute atomic E-state index is 10.6. The summed E-state index contributed by atoms with van der Waals surface area (Å²) in [6.45, 7) is 0.909. The molecule has 5 nitrogen and oxygen atoms in total. The molecule has 0 saturated carbocycles. The molecule has 0 spiro atoms. The monoisotopic (exact) mass is 322 g/mol. The molecule has 2 aromatic rings. The van der Waals surface area contributed by atoms with E-state index in [9.17, 15) is 5.11 Å². The molecule has 2 atom stereocenters. The Kier molecular flexibility index (Phi) is 5.39. The first-order chi connectivity index (χ1) is 11.8. The third-order valence-corrected chi connectivity index (χ3v) is 4.60. The van der Waals surface area contributed by atoms with Gasteiger partial charge in [0.25, 0.3) is 0 Å². The van der Waals surface area contributed by atoms with E-state index < -0.39 is 6.10 Å². The minimum Gasteiger partial charge on any atom is -0.388 e. The maximum Gasteiger partial charge on any atom is 0.158 e. The SMILES string of the molecule is N#Cc1cnc(N2CCCCC[C@@H]2C[C@@H](O)c2ccccc2)cn1. The van der Waals surface area contributed by atoms with Gasteiger partial charge in [0.05, 0.1) is 18.5 Å². The van der Waals surface area contributed by atoms with Gasteiger partial charge in [0.1, 0.15) is 11.9 Å². The fourth-order valence-electron chi connectivity index (χ4n) is 3.32. The predicted molar refractivity (Wildman–Crippen MR) is 92.4 cm³/mol. The van der Waals surface area contributed by atoms with E-state index in [0.29, 0.717) is 12.1 Å². The predicted octanol–water partition coefficient (Wildman–Crippen LogP) is 3.22. The Morgan fingerprint density at radius 3 is 2.71 bits per heavy atom.